The zero-order valence-corrected chi connectivity index (χ0v) is 11.8. The monoisotopic (exact) mass is 287 g/mol. The van der Waals surface area contributed by atoms with Gasteiger partial charge in [0, 0.05) is 6.54 Å². The van der Waals surface area contributed by atoms with Crippen molar-refractivity contribution in [2.45, 2.75) is 13.3 Å². The van der Waals surface area contributed by atoms with E-state index in [1.54, 1.807) is 6.92 Å². The van der Waals surface area contributed by atoms with E-state index < -0.39 is 11.5 Å². The van der Waals surface area contributed by atoms with E-state index in [1.165, 1.54) is 11.8 Å². The molecule has 1 aromatic carbocycles. The van der Waals surface area contributed by atoms with Crippen molar-refractivity contribution in [1.29, 1.82) is 0 Å². The molecule has 0 fully saturated rings. The highest BCUT2D eigenvalue weighted by molar-refractivity contribution is 5.88. The third-order valence-corrected chi connectivity index (χ3v) is 2.84. The molecule has 0 aliphatic heterocycles. The zero-order chi connectivity index (χ0) is 15.1. The molecule has 1 heterocycles. The fourth-order valence-corrected chi connectivity index (χ4v) is 1.81. The lowest BCUT2D eigenvalue weighted by Crippen LogP contribution is -2.22. The first kappa shape index (κ1) is 14.8. The van der Waals surface area contributed by atoms with Crippen molar-refractivity contribution < 1.29 is 9.53 Å². The molecule has 110 valence electrons. The highest BCUT2D eigenvalue weighted by Gasteiger charge is 2.12. The van der Waals surface area contributed by atoms with Gasteiger partial charge in [-0.25, -0.2) is 9.78 Å². The molecule has 0 bridgehead atoms. The summed E-state index contributed by atoms with van der Waals surface area (Å²) in [6.07, 6.45) is 2.03. The number of carbonyl (C=O) groups is 1. The van der Waals surface area contributed by atoms with Crippen LogP contribution >= 0.6 is 0 Å². The number of nitrogens with one attached hydrogen (secondary N) is 2. The van der Waals surface area contributed by atoms with Gasteiger partial charge in [-0.15, -0.1) is 0 Å². The molecule has 6 heteroatoms. The number of hydrogen-bond donors (Lipinski definition) is 2. The average Bonchev–Trinajstić information content (AvgIpc) is 2.48. The lowest BCUT2D eigenvalue weighted by atomic mass is 10.1. The van der Waals surface area contributed by atoms with Crippen molar-refractivity contribution in [2.24, 2.45) is 0 Å². The van der Waals surface area contributed by atoms with E-state index in [2.05, 4.69) is 15.3 Å². The molecular formula is C15H17N3O3. The third kappa shape index (κ3) is 4.17. The Bertz CT molecular complexity index is 653. The largest absolute Gasteiger partial charge is 0.462 e. The van der Waals surface area contributed by atoms with Crippen LogP contribution in [0, 0.1) is 0 Å². The summed E-state index contributed by atoms with van der Waals surface area (Å²) in [5.74, 6) is -0.328. The van der Waals surface area contributed by atoms with Gasteiger partial charge in [0.2, 0.25) is 5.95 Å². The molecule has 0 aliphatic rings. The summed E-state index contributed by atoms with van der Waals surface area (Å²) in [6.45, 7) is 2.53. The third-order valence-electron chi connectivity index (χ3n) is 2.84. The maximum Gasteiger partial charge on any atom is 0.345 e. The van der Waals surface area contributed by atoms with E-state index in [9.17, 15) is 9.59 Å². The quantitative estimate of drug-likeness (QED) is 0.788. The molecule has 0 unspecified atom stereocenters. The molecule has 21 heavy (non-hydrogen) atoms. The van der Waals surface area contributed by atoms with Gasteiger partial charge in [-0.1, -0.05) is 30.3 Å². The second-order valence-electron chi connectivity index (χ2n) is 4.36. The number of ether oxygens (including phenoxy) is 1. The fourth-order valence-electron chi connectivity index (χ4n) is 1.81. The van der Waals surface area contributed by atoms with E-state index in [0.717, 1.165) is 6.42 Å². The molecule has 0 atom stereocenters. The van der Waals surface area contributed by atoms with Crippen LogP contribution in [0.2, 0.25) is 0 Å². The summed E-state index contributed by atoms with van der Waals surface area (Å²) < 4.78 is 4.77. The van der Waals surface area contributed by atoms with Crippen LogP contribution in [0.5, 0.6) is 0 Å². The molecular weight excluding hydrogens is 270 g/mol. The van der Waals surface area contributed by atoms with Gasteiger partial charge in [0.25, 0.3) is 5.56 Å². The number of rotatable bonds is 6. The average molecular weight is 287 g/mol. The smallest absolute Gasteiger partial charge is 0.345 e. The van der Waals surface area contributed by atoms with Crippen molar-refractivity contribution in [3.05, 3.63) is 58.0 Å². The number of nitrogens with zero attached hydrogens (tertiary/aromatic N) is 1. The fraction of sp³-hybridized carbons (Fsp3) is 0.267. The van der Waals surface area contributed by atoms with Crippen LogP contribution in [0.25, 0.3) is 0 Å². The number of H-pyrrole nitrogens is 1. The Labute approximate surface area is 122 Å². The van der Waals surface area contributed by atoms with Crippen molar-refractivity contribution in [1.82, 2.24) is 9.97 Å². The summed E-state index contributed by atoms with van der Waals surface area (Å²) in [6, 6.07) is 9.97. The normalized spacial score (nSPS) is 10.1. The van der Waals surface area contributed by atoms with Crippen LogP contribution in [0.1, 0.15) is 22.8 Å². The minimum atomic E-state index is -0.665. The molecule has 6 nitrogen and oxygen atoms in total. The van der Waals surface area contributed by atoms with Crippen molar-refractivity contribution in [3.8, 4) is 0 Å². The summed E-state index contributed by atoms with van der Waals surface area (Å²) >= 11 is 0. The van der Waals surface area contributed by atoms with Gasteiger partial charge in [0.1, 0.15) is 5.56 Å². The van der Waals surface area contributed by atoms with Gasteiger partial charge in [0.05, 0.1) is 12.8 Å². The molecule has 1 aromatic heterocycles. The number of benzene rings is 1. The molecule has 0 saturated carbocycles. The van der Waals surface area contributed by atoms with Gasteiger partial charge in [0.15, 0.2) is 0 Å². The maximum absolute atomic E-state index is 11.8. The predicted octanol–water partition coefficient (Wildman–Crippen LogP) is 1.60. The minimum absolute atomic E-state index is 0.0922. The SMILES string of the molecule is CCOC(=O)c1cnc(NCCc2ccccc2)[nH]c1=O. The van der Waals surface area contributed by atoms with Gasteiger partial charge >= 0.3 is 5.97 Å². The number of aromatic amines is 1. The van der Waals surface area contributed by atoms with Crippen molar-refractivity contribution >= 4 is 11.9 Å². The lowest BCUT2D eigenvalue weighted by Gasteiger charge is -2.06. The first-order valence-electron chi connectivity index (χ1n) is 6.75. The van der Waals surface area contributed by atoms with Crippen molar-refractivity contribution in [2.75, 3.05) is 18.5 Å². The lowest BCUT2D eigenvalue weighted by molar-refractivity contribution is 0.0524. The molecule has 0 radical (unpaired) electrons. The summed E-state index contributed by atoms with van der Waals surface area (Å²) in [7, 11) is 0. The standard InChI is InChI=1S/C15H17N3O3/c1-2-21-14(20)12-10-17-15(18-13(12)19)16-9-8-11-6-4-3-5-7-11/h3-7,10H,2,8-9H2,1H3,(H2,16,17,18,19). The Morgan fingerprint density at radius 2 is 2.10 bits per heavy atom. The molecule has 0 saturated heterocycles. The highest BCUT2D eigenvalue weighted by Crippen LogP contribution is 2.01. The second-order valence-corrected chi connectivity index (χ2v) is 4.36. The molecule has 2 aromatic rings. The predicted molar refractivity (Wildman–Crippen MR) is 79.4 cm³/mol. The van der Waals surface area contributed by atoms with E-state index in [-0.39, 0.29) is 12.2 Å². The Kier molecular flexibility index (Phi) is 5.09. The van der Waals surface area contributed by atoms with Crippen molar-refractivity contribution in [3.63, 3.8) is 0 Å². The minimum Gasteiger partial charge on any atom is -0.462 e. The molecule has 0 aliphatic carbocycles. The van der Waals surface area contributed by atoms with E-state index >= 15 is 0 Å². The summed E-state index contributed by atoms with van der Waals surface area (Å²) in [4.78, 5) is 29.8. The van der Waals surface area contributed by atoms with Crippen LogP contribution in [0.15, 0.2) is 41.3 Å². The number of carbonyl (C=O) groups excluding carboxylic acids is 1. The first-order valence-corrected chi connectivity index (χ1v) is 6.75. The Morgan fingerprint density at radius 1 is 1.33 bits per heavy atom. The van der Waals surface area contributed by atoms with E-state index in [1.807, 2.05) is 30.3 Å². The molecule has 0 spiro atoms. The molecule has 0 amide bonds. The number of esters is 1. The topological polar surface area (TPSA) is 84.1 Å². The number of aromatic nitrogens is 2. The van der Waals surface area contributed by atoms with Gasteiger partial charge < -0.3 is 10.1 Å². The Balaban J connectivity index is 1.94. The number of hydrogen-bond acceptors (Lipinski definition) is 5. The maximum atomic E-state index is 11.8. The van der Waals surface area contributed by atoms with Crippen LogP contribution < -0.4 is 10.9 Å². The summed E-state index contributed by atoms with van der Waals surface area (Å²) in [5.41, 5.74) is 0.589. The Morgan fingerprint density at radius 3 is 2.76 bits per heavy atom. The van der Waals surface area contributed by atoms with E-state index in [0.29, 0.717) is 12.5 Å². The molecule has 2 N–H and O–H groups in total. The van der Waals surface area contributed by atoms with Crippen LogP contribution in [-0.2, 0) is 11.2 Å². The Hall–Kier alpha value is -2.63. The van der Waals surface area contributed by atoms with Crippen LogP contribution in [0.3, 0.4) is 0 Å². The van der Waals surface area contributed by atoms with Crippen LogP contribution in [0.4, 0.5) is 5.95 Å². The highest BCUT2D eigenvalue weighted by atomic mass is 16.5. The zero-order valence-electron chi connectivity index (χ0n) is 11.8. The van der Waals surface area contributed by atoms with Gasteiger partial charge in [-0.05, 0) is 18.9 Å². The molecule has 2 rings (SSSR count). The van der Waals surface area contributed by atoms with Gasteiger partial charge in [-0.3, -0.25) is 9.78 Å². The first-order chi connectivity index (χ1) is 10.2. The summed E-state index contributed by atoms with van der Waals surface area (Å²) in [5, 5.41) is 3.01. The number of anilines is 1. The second kappa shape index (κ2) is 7.23. The van der Waals surface area contributed by atoms with E-state index in [4.69, 9.17) is 4.74 Å². The van der Waals surface area contributed by atoms with Gasteiger partial charge in [-0.2, -0.15) is 0 Å². The van der Waals surface area contributed by atoms with Crippen LogP contribution in [-0.4, -0.2) is 29.1 Å².